The lowest BCUT2D eigenvalue weighted by Gasteiger charge is -2.39. The molecule has 27 heavy (non-hydrogen) atoms. The number of sulfonamides is 1. The number of nitriles is 1. The normalized spacial score (nSPS) is 18.1. The zero-order chi connectivity index (χ0) is 19.6. The van der Waals surface area contributed by atoms with Crippen molar-refractivity contribution < 1.29 is 17.6 Å². The van der Waals surface area contributed by atoms with Gasteiger partial charge < -0.3 is 4.90 Å². The smallest absolute Gasteiger partial charge is 0.257 e. The SMILES string of the molecule is CC1CN(S(=O)(=O)c2ccc(C#N)cc2)CCN1C(=O)c1ccccc1F. The van der Waals surface area contributed by atoms with Crippen molar-refractivity contribution >= 4 is 15.9 Å². The van der Waals surface area contributed by atoms with E-state index in [-0.39, 0.29) is 30.1 Å². The number of piperazine rings is 1. The van der Waals surface area contributed by atoms with Crippen LogP contribution in [0, 0.1) is 17.1 Å². The largest absolute Gasteiger partial charge is 0.333 e. The number of hydrogen-bond donors (Lipinski definition) is 0. The number of hydrogen-bond acceptors (Lipinski definition) is 4. The van der Waals surface area contributed by atoms with Crippen molar-refractivity contribution in [2.45, 2.75) is 17.9 Å². The van der Waals surface area contributed by atoms with Gasteiger partial charge in [0.25, 0.3) is 5.91 Å². The Balaban J connectivity index is 1.77. The van der Waals surface area contributed by atoms with Crippen molar-refractivity contribution in [1.29, 1.82) is 5.26 Å². The van der Waals surface area contributed by atoms with Crippen LogP contribution >= 0.6 is 0 Å². The van der Waals surface area contributed by atoms with Gasteiger partial charge in [-0.05, 0) is 43.3 Å². The number of amides is 1. The van der Waals surface area contributed by atoms with Crippen molar-refractivity contribution in [3.8, 4) is 6.07 Å². The molecule has 0 spiro atoms. The maximum absolute atomic E-state index is 13.9. The summed E-state index contributed by atoms with van der Waals surface area (Å²) >= 11 is 0. The zero-order valence-corrected chi connectivity index (χ0v) is 15.5. The molecular formula is C19H18FN3O3S. The van der Waals surface area contributed by atoms with Crippen molar-refractivity contribution in [3.05, 3.63) is 65.5 Å². The lowest BCUT2D eigenvalue weighted by molar-refractivity contribution is 0.0587. The molecule has 1 fully saturated rings. The average Bonchev–Trinajstić information content (AvgIpc) is 2.67. The van der Waals surface area contributed by atoms with Gasteiger partial charge in [-0.3, -0.25) is 4.79 Å². The highest BCUT2D eigenvalue weighted by Crippen LogP contribution is 2.22. The van der Waals surface area contributed by atoms with E-state index in [4.69, 9.17) is 5.26 Å². The van der Waals surface area contributed by atoms with E-state index in [0.717, 1.165) is 0 Å². The van der Waals surface area contributed by atoms with E-state index < -0.39 is 27.8 Å². The third-order valence-corrected chi connectivity index (χ3v) is 6.46. The first-order chi connectivity index (χ1) is 12.8. The molecule has 1 aliphatic rings. The Bertz CT molecular complexity index is 1000. The van der Waals surface area contributed by atoms with Gasteiger partial charge in [0, 0.05) is 25.7 Å². The van der Waals surface area contributed by atoms with Crippen molar-refractivity contribution in [2.75, 3.05) is 19.6 Å². The highest BCUT2D eigenvalue weighted by molar-refractivity contribution is 7.89. The van der Waals surface area contributed by atoms with Gasteiger partial charge in [0.15, 0.2) is 0 Å². The second-order valence-corrected chi connectivity index (χ2v) is 8.26. The Kier molecular flexibility index (Phi) is 5.26. The molecule has 2 aromatic carbocycles. The molecule has 1 heterocycles. The van der Waals surface area contributed by atoms with Crippen molar-refractivity contribution in [3.63, 3.8) is 0 Å². The Morgan fingerprint density at radius 1 is 1.15 bits per heavy atom. The van der Waals surface area contributed by atoms with Gasteiger partial charge in [-0.15, -0.1) is 0 Å². The molecule has 0 saturated carbocycles. The molecule has 0 bridgehead atoms. The summed E-state index contributed by atoms with van der Waals surface area (Å²) in [6, 6.07) is 13.0. The average molecular weight is 387 g/mol. The van der Waals surface area contributed by atoms with Gasteiger partial charge in [-0.25, -0.2) is 12.8 Å². The van der Waals surface area contributed by atoms with E-state index in [1.165, 1.54) is 51.7 Å². The van der Waals surface area contributed by atoms with Crippen LogP contribution in [0.4, 0.5) is 4.39 Å². The van der Waals surface area contributed by atoms with Crippen LogP contribution in [-0.2, 0) is 10.0 Å². The number of rotatable bonds is 3. The summed E-state index contributed by atoms with van der Waals surface area (Å²) in [5.41, 5.74) is 0.357. The molecule has 6 nitrogen and oxygen atoms in total. The van der Waals surface area contributed by atoms with Crippen LogP contribution in [0.25, 0.3) is 0 Å². The molecule has 140 valence electrons. The molecule has 1 unspecified atom stereocenters. The monoisotopic (exact) mass is 387 g/mol. The van der Waals surface area contributed by atoms with Gasteiger partial charge in [-0.1, -0.05) is 12.1 Å². The minimum Gasteiger partial charge on any atom is -0.333 e. The molecule has 0 radical (unpaired) electrons. The molecular weight excluding hydrogens is 369 g/mol. The zero-order valence-electron chi connectivity index (χ0n) is 14.7. The summed E-state index contributed by atoms with van der Waals surface area (Å²) in [7, 11) is -3.73. The van der Waals surface area contributed by atoms with E-state index in [1.54, 1.807) is 13.0 Å². The molecule has 1 amide bonds. The molecule has 0 aliphatic carbocycles. The van der Waals surface area contributed by atoms with Crippen molar-refractivity contribution in [1.82, 2.24) is 9.21 Å². The van der Waals surface area contributed by atoms with E-state index in [0.29, 0.717) is 5.56 Å². The Morgan fingerprint density at radius 3 is 2.41 bits per heavy atom. The summed E-state index contributed by atoms with van der Waals surface area (Å²) < 4.78 is 40.8. The fourth-order valence-electron chi connectivity index (χ4n) is 3.08. The molecule has 0 aromatic heterocycles. The third kappa shape index (κ3) is 3.70. The topological polar surface area (TPSA) is 81.5 Å². The quantitative estimate of drug-likeness (QED) is 0.809. The third-order valence-electron chi connectivity index (χ3n) is 4.58. The fourth-order valence-corrected chi connectivity index (χ4v) is 4.60. The van der Waals surface area contributed by atoms with Gasteiger partial charge in [0.05, 0.1) is 22.1 Å². The minimum absolute atomic E-state index is 0.0206. The first-order valence-electron chi connectivity index (χ1n) is 8.40. The van der Waals surface area contributed by atoms with E-state index >= 15 is 0 Å². The summed E-state index contributed by atoms with van der Waals surface area (Å²) in [6.07, 6.45) is 0. The lowest BCUT2D eigenvalue weighted by Crippen LogP contribution is -2.55. The minimum atomic E-state index is -3.73. The summed E-state index contributed by atoms with van der Waals surface area (Å²) in [5.74, 6) is -1.04. The second-order valence-electron chi connectivity index (χ2n) is 6.33. The lowest BCUT2D eigenvalue weighted by atomic mass is 10.1. The molecule has 3 rings (SSSR count). The highest BCUT2D eigenvalue weighted by atomic mass is 32.2. The first kappa shape index (κ1) is 19.0. The molecule has 0 N–H and O–H groups in total. The van der Waals surface area contributed by atoms with Gasteiger partial charge in [0.1, 0.15) is 5.82 Å². The van der Waals surface area contributed by atoms with Gasteiger partial charge >= 0.3 is 0 Å². The van der Waals surface area contributed by atoms with Crippen LogP contribution in [0.2, 0.25) is 0 Å². The standard InChI is InChI=1S/C19H18FN3O3S/c1-14-13-22(27(25,26)16-8-6-15(12-21)7-9-16)10-11-23(14)19(24)17-4-2-3-5-18(17)20/h2-9,14H,10-11,13H2,1H3. The Labute approximate surface area is 157 Å². The number of nitrogens with zero attached hydrogens (tertiary/aromatic N) is 3. The Hall–Kier alpha value is -2.76. The summed E-state index contributed by atoms with van der Waals surface area (Å²) in [5, 5.41) is 8.84. The highest BCUT2D eigenvalue weighted by Gasteiger charge is 2.35. The molecule has 1 saturated heterocycles. The van der Waals surface area contributed by atoms with E-state index in [2.05, 4.69) is 0 Å². The molecule has 1 aliphatic heterocycles. The number of benzene rings is 2. The van der Waals surface area contributed by atoms with Crippen molar-refractivity contribution in [2.24, 2.45) is 0 Å². The molecule has 1 atom stereocenters. The predicted octanol–water partition coefficient (Wildman–Crippen LogP) is 2.23. The van der Waals surface area contributed by atoms with Gasteiger partial charge in [-0.2, -0.15) is 9.57 Å². The van der Waals surface area contributed by atoms with Crippen LogP contribution in [0.3, 0.4) is 0 Å². The summed E-state index contributed by atoms with van der Waals surface area (Å²) in [6.45, 7) is 2.14. The van der Waals surface area contributed by atoms with Crippen LogP contribution in [0.15, 0.2) is 53.4 Å². The van der Waals surface area contributed by atoms with Crippen LogP contribution in [-0.4, -0.2) is 49.2 Å². The predicted molar refractivity (Wildman–Crippen MR) is 96.8 cm³/mol. The maximum Gasteiger partial charge on any atom is 0.257 e. The maximum atomic E-state index is 13.9. The van der Waals surface area contributed by atoms with Gasteiger partial charge in [0.2, 0.25) is 10.0 Å². The number of carbonyl (C=O) groups is 1. The number of carbonyl (C=O) groups excluding carboxylic acids is 1. The Morgan fingerprint density at radius 2 is 1.81 bits per heavy atom. The first-order valence-corrected chi connectivity index (χ1v) is 9.84. The van der Waals surface area contributed by atoms with E-state index in [9.17, 15) is 17.6 Å². The van der Waals surface area contributed by atoms with E-state index in [1.807, 2.05) is 6.07 Å². The fraction of sp³-hybridized carbons (Fsp3) is 0.263. The molecule has 8 heteroatoms. The second kappa shape index (κ2) is 7.47. The summed E-state index contributed by atoms with van der Waals surface area (Å²) in [4.78, 5) is 14.2. The van der Waals surface area contributed by atoms with Crippen LogP contribution in [0.1, 0.15) is 22.8 Å². The van der Waals surface area contributed by atoms with Crippen LogP contribution < -0.4 is 0 Å². The molecule has 2 aromatic rings. The number of halogens is 1. The van der Waals surface area contributed by atoms with Crippen LogP contribution in [0.5, 0.6) is 0 Å².